The van der Waals surface area contributed by atoms with E-state index >= 15 is 0 Å². The minimum absolute atomic E-state index is 0.157. The number of urea groups is 3. The van der Waals surface area contributed by atoms with Gasteiger partial charge < -0.3 is 60.3 Å². The van der Waals surface area contributed by atoms with Gasteiger partial charge in [-0.25, -0.2) is 14.4 Å². The van der Waals surface area contributed by atoms with Gasteiger partial charge >= 0.3 is 18.1 Å². The third kappa shape index (κ3) is 21.8. The molecule has 588 valence electrons. The zero-order valence-electron chi connectivity index (χ0n) is 69.7. The number of hydrogen-bond donors (Lipinski definition) is 6. The Morgan fingerprint density at radius 2 is 0.423 bits per heavy atom. The predicted octanol–water partition coefficient (Wildman–Crippen LogP) is 21.0. The number of amides is 6. The molecule has 0 atom stereocenters. The number of carbonyl (C=O) groups is 3. The molecule has 0 heterocycles. The molecule has 6 N–H and O–H groups in total. The van der Waals surface area contributed by atoms with Crippen LogP contribution in [0.2, 0.25) is 0 Å². The lowest BCUT2D eigenvalue weighted by Gasteiger charge is -2.29. The van der Waals surface area contributed by atoms with E-state index in [9.17, 15) is 14.4 Å². The highest BCUT2D eigenvalue weighted by Crippen LogP contribution is 2.47. The second-order valence-corrected chi connectivity index (χ2v) is 35.7. The van der Waals surface area contributed by atoms with E-state index in [-0.39, 0.29) is 90.0 Å². The van der Waals surface area contributed by atoms with Crippen LogP contribution in [0.3, 0.4) is 0 Å². The van der Waals surface area contributed by atoms with Gasteiger partial charge in [-0.3, -0.25) is 0 Å². The number of hydrogen-bond acceptors (Lipinski definition) is 9. The first-order chi connectivity index (χ1) is 52.4. The Kier molecular flexibility index (Phi) is 26.1. The highest BCUT2D eigenvalue weighted by molar-refractivity contribution is 5.90. The molecular formula is C96H120N6O9. The maximum Gasteiger partial charge on any atom is 0.319 e. The second-order valence-electron chi connectivity index (χ2n) is 35.7. The monoisotopic (exact) mass is 1500 g/mol. The average molecular weight is 1500 g/mol. The summed E-state index contributed by atoms with van der Waals surface area (Å²) >= 11 is 0. The standard InChI is InChI=1S/C96H120N6O9/c1-91(2,3)73-49-61-43-67-55-76(94(10,11)12)57-69(85(67)109-40-37-97-88(103)100-79-31-25-22-26-32-79)45-63-51-74(92(4,5)6)53-65(83(63)107-20)47-71-59-78(96(16,17)18)60-72(87(71)111-42-39-99-90(105)102-81-35-29-24-30-36-81)48-66-54-75(93(7,8)9)52-64(84(66)108-21)46-70-58-77(95(13,14)15)56-68(44-62(50-73)82(61)106-19)86(70)110-41-38-98-89(104)101-80-33-27-23-28-34-80/h22-36,49-60H,37-48H2,1-21H3,(H2,97,100,103)(H2,98,101,104)(H2,99,102,105). The average Bonchev–Trinajstić information content (AvgIpc) is 0.767. The predicted molar refractivity (Wildman–Crippen MR) is 454 cm³/mol. The Balaban J connectivity index is 1.26. The smallest absolute Gasteiger partial charge is 0.319 e. The molecule has 0 aliphatic heterocycles. The molecule has 15 nitrogen and oxygen atoms in total. The number of carbonyl (C=O) groups excluding carboxylic acids is 3. The van der Waals surface area contributed by atoms with Gasteiger partial charge in [0.15, 0.2) is 0 Å². The molecule has 0 unspecified atom stereocenters. The molecule has 6 amide bonds. The number of nitrogens with one attached hydrogen (secondary N) is 6. The third-order valence-electron chi connectivity index (χ3n) is 20.5. The Hall–Kier alpha value is -10.4. The molecule has 0 saturated heterocycles. The highest BCUT2D eigenvalue weighted by atomic mass is 16.5. The Bertz CT molecular complexity index is 4130. The summed E-state index contributed by atoms with van der Waals surface area (Å²) in [4.78, 5) is 40.8. The molecule has 111 heavy (non-hydrogen) atoms. The lowest BCUT2D eigenvalue weighted by atomic mass is 9.79. The van der Waals surface area contributed by atoms with Gasteiger partial charge in [0.1, 0.15) is 54.3 Å². The molecule has 10 rings (SSSR count). The Labute approximate surface area is 661 Å². The number of anilines is 3. The van der Waals surface area contributed by atoms with Crippen LogP contribution in [0.25, 0.3) is 0 Å². The molecule has 0 spiro atoms. The van der Waals surface area contributed by atoms with Crippen molar-refractivity contribution in [2.45, 2.75) is 196 Å². The molecule has 0 radical (unpaired) electrons. The van der Waals surface area contributed by atoms with Crippen molar-refractivity contribution in [2.75, 3.05) is 76.7 Å². The van der Waals surface area contributed by atoms with E-state index in [4.69, 9.17) is 28.4 Å². The quantitative estimate of drug-likeness (QED) is 0.0456. The van der Waals surface area contributed by atoms with Crippen LogP contribution in [0.4, 0.5) is 31.4 Å². The van der Waals surface area contributed by atoms with Gasteiger partial charge in [-0.2, -0.15) is 0 Å². The van der Waals surface area contributed by atoms with Gasteiger partial charge in [-0.05, 0) is 169 Å². The largest absolute Gasteiger partial charge is 0.496 e. The number of ether oxygens (including phenoxy) is 6. The summed E-state index contributed by atoms with van der Waals surface area (Å²) < 4.78 is 42.3. The molecule has 12 bridgehead atoms. The maximum atomic E-state index is 13.6. The van der Waals surface area contributed by atoms with Crippen molar-refractivity contribution in [3.63, 3.8) is 0 Å². The lowest BCUT2D eigenvalue weighted by Crippen LogP contribution is -2.32. The van der Waals surface area contributed by atoms with Crippen molar-refractivity contribution < 1.29 is 42.8 Å². The van der Waals surface area contributed by atoms with E-state index in [2.05, 4.69) is 229 Å². The van der Waals surface area contributed by atoms with Gasteiger partial charge in [-0.1, -0.05) is 252 Å². The number of rotatable bonds is 18. The zero-order chi connectivity index (χ0) is 80.4. The van der Waals surface area contributed by atoms with E-state index < -0.39 is 0 Å². The first kappa shape index (κ1) is 83.1. The van der Waals surface area contributed by atoms with E-state index in [1.165, 1.54) is 0 Å². The number of fused-ring (bicyclic) bond motifs is 12. The molecule has 0 aromatic heterocycles. The first-order valence-corrected chi connectivity index (χ1v) is 39.1. The summed E-state index contributed by atoms with van der Waals surface area (Å²) in [6.45, 7) is 41.7. The highest BCUT2D eigenvalue weighted by Gasteiger charge is 2.32. The van der Waals surface area contributed by atoms with Crippen LogP contribution in [-0.2, 0) is 71.0 Å². The van der Waals surface area contributed by atoms with Crippen molar-refractivity contribution in [3.05, 3.63) is 264 Å². The van der Waals surface area contributed by atoms with Gasteiger partial charge in [0.25, 0.3) is 0 Å². The summed E-state index contributed by atoms with van der Waals surface area (Å²) in [6, 6.07) is 54.9. The lowest BCUT2D eigenvalue weighted by molar-refractivity contribution is 0.246. The van der Waals surface area contributed by atoms with Crippen LogP contribution in [0.5, 0.6) is 34.5 Å². The van der Waals surface area contributed by atoms with E-state index in [0.29, 0.717) is 72.8 Å². The summed E-state index contributed by atoms with van der Waals surface area (Å²) in [5, 5.41) is 18.1. The molecular weight excluding hydrogens is 1380 g/mol. The summed E-state index contributed by atoms with van der Waals surface area (Å²) in [6.07, 6.45) is 2.50. The van der Waals surface area contributed by atoms with Crippen molar-refractivity contribution in [1.29, 1.82) is 0 Å². The molecule has 9 aromatic rings. The molecule has 1 aliphatic rings. The molecule has 9 aromatic carbocycles. The van der Waals surface area contributed by atoms with E-state index in [1.54, 1.807) is 21.3 Å². The van der Waals surface area contributed by atoms with Crippen LogP contribution < -0.4 is 60.3 Å². The molecule has 15 heteroatoms. The van der Waals surface area contributed by atoms with Crippen molar-refractivity contribution >= 4 is 35.2 Å². The second kappa shape index (κ2) is 34.9. The number of para-hydroxylation sites is 3. The van der Waals surface area contributed by atoms with Crippen LogP contribution in [0.15, 0.2) is 164 Å². The fraction of sp³-hybridized carbons (Fsp3) is 0.406. The molecule has 0 fully saturated rings. The summed E-state index contributed by atoms with van der Waals surface area (Å²) in [5.41, 5.74) is 18.5. The molecule has 0 saturated carbocycles. The fourth-order valence-corrected chi connectivity index (χ4v) is 14.3. The fourth-order valence-electron chi connectivity index (χ4n) is 14.3. The Morgan fingerprint density at radius 1 is 0.261 bits per heavy atom. The third-order valence-corrected chi connectivity index (χ3v) is 20.5. The van der Waals surface area contributed by atoms with Crippen molar-refractivity contribution in [1.82, 2.24) is 16.0 Å². The minimum Gasteiger partial charge on any atom is -0.496 e. The SMILES string of the molecule is COc1c2cc(C(C)(C)C)cc1Cc1cc(C(C)(C)C)cc(c1OCCNC(=O)Nc1ccccc1)Cc1cc(C(C)(C)C)cc(c1OC)Cc1cc(C(C)(C)C)cc(c1OCCNC(=O)Nc1ccccc1)Cc1cc(C(C)(C)C)cc(c1OC)Cc1cc(C(C)(C)C)cc(c1OCCNC(=O)Nc1ccccc1)C2. The van der Waals surface area contributed by atoms with Crippen LogP contribution in [0.1, 0.15) is 225 Å². The zero-order valence-corrected chi connectivity index (χ0v) is 69.7. The first-order valence-electron chi connectivity index (χ1n) is 39.1. The van der Waals surface area contributed by atoms with Crippen molar-refractivity contribution in [3.8, 4) is 34.5 Å². The van der Waals surface area contributed by atoms with Gasteiger partial charge in [0.05, 0.1) is 41.0 Å². The van der Waals surface area contributed by atoms with Crippen molar-refractivity contribution in [2.24, 2.45) is 0 Å². The van der Waals surface area contributed by atoms with E-state index in [0.717, 1.165) is 117 Å². The Morgan fingerprint density at radius 3 is 0.577 bits per heavy atom. The van der Waals surface area contributed by atoms with E-state index in [1.807, 2.05) is 91.0 Å². The van der Waals surface area contributed by atoms with Gasteiger partial charge in [-0.15, -0.1) is 0 Å². The summed E-state index contributed by atoms with van der Waals surface area (Å²) in [5.74, 6) is 4.37. The normalized spacial score (nSPS) is 12.8. The number of methoxy groups -OCH3 is 3. The maximum absolute atomic E-state index is 13.6. The molecule has 1 aliphatic carbocycles. The minimum atomic E-state index is -0.338. The van der Waals surface area contributed by atoms with Gasteiger partial charge in [0, 0.05) is 55.6 Å². The topological polar surface area (TPSA) is 179 Å². The van der Waals surface area contributed by atoms with Crippen LogP contribution in [-0.4, -0.2) is 78.9 Å². The van der Waals surface area contributed by atoms with Crippen LogP contribution in [0, 0.1) is 0 Å². The van der Waals surface area contributed by atoms with Gasteiger partial charge in [0.2, 0.25) is 0 Å². The summed E-state index contributed by atoms with van der Waals surface area (Å²) in [7, 11) is 5.31. The van der Waals surface area contributed by atoms with Crippen LogP contribution >= 0.6 is 0 Å². The number of benzene rings is 9.